The van der Waals surface area contributed by atoms with Crippen molar-refractivity contribution in [2.75, 3.05) is 4.72 Å². The smallest absolute Gasteiger partial charge is 0.262 e. The van der Waals surface area contributed by atoms with Crippen LogP contribution in [0.1, 0.15) is 34.3 Å². The molecule has 2 aromatic carbocycles. The molecule has 0 unspecified atom stereocenters. The number of anilines is 1. The Morgan fingerprint density at radius 2 is 1.83 bits per heavy atom. The Balaban J connectivity index is 1.84. The first-order valence-corrected chi connectivity index (χ1v) is 9.34. The summed E-state index contributed by atoms with van der Waals surface area (Å²) in [6.45, 7) is 3.61. The molecule has 0 atom stereocenters. The zero-order valence-electron chi connectivity index (χ0n) is 13.7. The van der Waals surface area contributed by atoms with E-state index in [1.165, 1.54) is 0 Å². The Hall–Kier alpha value is -2.34. The van der Waals surface area contributed by atoms with E-state index in [-0.39, 0.29) is 16.8 Å². The number of aryl methyl sites for hydroxylation is 2. The van der Waals surface area contributed by atoms with Crippen molar-refractivity contribution >= 4 is 21.6 Å². The molecule has 0 aliphatic heterocycles. The average molecular weight is 344 g/mol. The third kappa shape index (κ3) is 3.76. The second-order valence-corrected chi connectivity index (χ2v) is 7.85. The number of sulfonamides is 1. The standard InChI is InChI=1S/C18H20N2O3S/c1-12-6-7-13(2)17(10-12)24(22,23)20-16-5-3-4-14(11-16)18(21)19-15-8-9-15/h3-7,10-11,15,20H,8-9H2,1-2H3,(H,19,21). The van der Waals surface area contributed by atoms with Crippen molar-refractivity contribution in [2.45, 2.75) is 37.6 Å². The van der Waals surface area contributed by atoms with E-state index in [4.69, 9.17) is 0 Å². The maximum atomic E-state index is 12.6. The normalized spacial score (nSPS) is 14.2. The van der Waals surface area contributed by atoms with E-state index in [2.05, 4.69) is 10.0 Å². The maximum Gasteiger partial charge on any atom is 0.262 e. The van der Waals surface area contributed by atoms with E-state index < -0.39 is 10.0 Å². The summed E-state index contributed by atoms with van der Waals surface area (Å²) in [4.78, 5) is 12.3. The van der Waals surface area contributed by atoms with Crippen LogP contribution < -0.4 is 10.0 Å². The molecule has 5 nitrogen and oxygen atoms in total. The highest BCUT2D eigenvalue weighted by molar-refractivity contribution is 7.92. The lowest BCUT2D eigenvalue weighted by Gasteiger charge is -2.12. The Labute approximate surface area is 142 Å². The number of amides is 1. The van der Waals surface area contributed by atoms with Gasteiger partial charge in [-0.3, -0.25) is 9.52 Å². The van der Waals surface area contributed by atoms with Crippen LogP contribution in [0.15, 0.2) is 47.4 Å². The van der Waals surface area contributed by atoms with E-state index in [1.54, 1.807) is 43.3 Å². The molecule has 1 aliphatic carbocycles. The van der Waals surface area contributed by atoms with Crippen LogP contribution in [-0.4, -0.2) is 20.4 Å². The zero-order chi connectivity index (χ0) is 17.3. The molecule has 0 saturated heterocycles. The fourth-order valence-corrected chi connectivity index (χ4v) is 3.81. The summed E-state index contributed by atoms with van der Waals surface area (Å²) in [6, 6.07) is 12.1. The zero-order valence-corrected chi connectivity index (χ0v) is 14.5. The van der Waals surface area contributed by atoms with E-state index in [1.807, 2.05) is 13.0 Å². The molecular weight excluding hydrogens is 324 g/mol. The molecule has 6 heteroatoms. The van der Waals surface area contributed by atoms with Crippen molar-refractivity contribution in [3.63, 3.8) is 0 Å². The predicted octanol–water partition coefficient (Wildman–Crippen LogP) is 3.00. The summed E-state index contributed by atoms with van der Waals surface area (Å²) < 4.78 is 27.8. The molecule has 126 valence electrons. The fourth-order valence-electron chi connectivity index (χ4n) is 2.43. The van der Waals surface area contributed by atoms with Gasteiger partial charge in [0.25, 0.3) is 15.9 Å². The minimum Gasteiger partial charge on any atom is -0.349 e. The Morgan fingerprint density at radius 1 is 1.08 bits per heavy atom. The highest BCUT2D eigenvalue weighted by Crippen LogP contribution is 2.22. The van der Waals surface area contributed by atoms with Crippen LogP contribution in [0.4, 0.5) is 5.69 Å². The Morgan fingerprint density at radius 3 is 2.54 bits per heavy atom. The van der Waals surface area contributed by atoms with Gasteiger partial charge in [0.1, 0.15) is 0 Å². The third-order valence-electron chi connectivity index (χ3n) is 3.92. The van der Waals surface area contributed by atoms with Gasteiger partial charge in [0.05, 0.1) is 4.90 Å². The molecule has 1 saturated carbocycles. The summed E-state index contributed by atoms with van der Waals surface area (Å²) in [5, 5.41) is 2.89. The minimum absolute atomic E-state index is 0.176. The lowest BCUT2D eigenvalue weighted by atomic mass is 10.2. The summed E-state index contributed by atoms with van der Waals surface area (Å²) in [5.41, 5.74) is 2.37. The van der Waals surface area contributed by atoms with Crippen LogP contribution in [0.3, 0.4) is 0 Å². The topological polar surface area (TPSA) is 75.3 Å². The van der Waals surface area contributed by atoms with Crippen LogP contribution in [0, 0.1) is 13.8 Å². The Kier molecular flexibility index (Phi) is 4.32. The summed E-state index contributed by atoms with van der Waals surface area (Å²) >= 11 is 0. The molecule has 0 aromatic heterocycles. The van der Waals surface area contributed by atoms with Crippen molar-refractivity contribution in [2.24, 2.45) is 0 Å². The van der Waals surface area contributed by atoms with Crippen molar-refractivity contribution in [1.29, 1.82) is 0 Å². The number of hydrogen-bond donors (Lipinski definition) is 2. The number of benzene rings is 2. The van der Waals surface area contributed by atoms with E-state index in [0.717, 1.165) is 18.4 Å². The van der Waals surface area contributed by atoms with Gasteiger partial charge < -0.3 is 5.32 Å². The number of hydrogen-bond acceptors (Lipinski definition) is 3. The second-order valence-electron chi connectivity index (χ2n) is 6.20. The molecule has 1 amide bonds. The van der Waals surface area contributed by atoms with Crippen molar-refractivity contribution in [3.05, 3.63) is 59.2 Å². The maximum absolute atomic E-state index is 12.6. The highest BCUT2D eigenvalue weighted by atomic mass is 32.2. The van der Waals surface area contributed by atoms with Gasteiger partial charge in [-0.1, -0.05) is 18.2 Å². The van der Waals surface area contributed by atoms with E-state index in [0.29, 0.717) is 16.8 Å². The molecule has 3 rings (SSSR count). The third-order valence-corrected chi connectivity index (χ3v) is 5.45. The second kappa shape index (κ2) is 6.28. The van der Waals surface area contributed by atoms with Crippen molar-refractivity contribution in [3.8, 4) is 0 Å². The van der Waals surface area contributed by atoms with Gasteiger partial charge in [0.15, 0.2) is 0 Å². The van der Waals surface area contributed by atoms with Crippen molar-refractivity contribution < 1.29 is 13.2 Å². The average Bonchev–Trinajstić information content (AvgIpc) is 3.33. The van der Waals surface area contributed by atoms with Crippen molar-refractivity contribution in [1.82, 2.24) is 5.32 Å². The molecule has 24 heavy (non-hydrogen) atoms. The first kappa shape index (κ1) is 16.5. The molecule has 0 radical (unpaired) electrons. The lowest BCUT2D eigenvalue weighted by Crippen LogP contribution is -2.25. The quantitative estimate of drug-likeness (QED) is 0.875. The summed E-state index contributed by atoms with van der Waals surface area (Å²) in [5.74, 6) is -0.176. The molecule has 0 spiro atoms. The highest BCUT2D eigenvalue weighted by Gasteiger charge is 2.24. The summed E-state index contributed by atoms with van der Waals surface area (Å²) in [7, 11) is -3.70. The number of rotatable bonds is 5. The largest absolute Gasteiger partial charge is 0.349 e. The lowest BCUT2D eigenvalue weighted by molar-refractivity contribution is 0.0951. The fraction of sp³-hybridized carbons (Fsp3) is 0.278. The molecular formula is C18H20N2O3S. The predicted molar refractivity (Wildman–Crippen MR) is 93.7 cm³/mol. The van der Waals surface area contributed by atoms with Gasteiger partial charge in [-0.2, -0.15) is 0 Å². The van der Waals surface area contributed by atoms with E-state index in [9.17, 15) is 13.2 Å². The van der Waals surface area contributed by atoms with Crippen LogP contribution in [0.2, 0.25) is 0 Å². The van der Waals surface area contributed by atoms with Crippen LogP contribution in [0.25, 0.3) is 0 Å². The monoisotopic (exact) mass is 344 g/mol. The van der Waals surface area contributed by atoms with Gasteiger partial charge >= 0.3 is 0 Å². The van der Waals surface area contributed by atoms with E-state index >= 15 is 0 Å². The van der Waals surface area contributed by atoms with Gasteiger partial charge in [-0.15, -0.1) is 0 Å². The van der Waals surface area contributed by atoms with Crippen LogP contribution in [0.5, 0.6) is 0 Å². The number of nitrogens with one attached hydrogen (secondary N) is 2. The molecule has 1 fully saturated rings. The van der Waals surface area contributed by atoms with Gasteiger partial charge in [-0.25, -0.2) is 8.42 Å². The van der Waals surface area contributed by atoms with Gasteiger partial charge in [0.2, 0.25) is 0 Å². The first-order chi connectivity index (χ1) is 11.3. The molecule has 2 N–H and O–H groups in total. The number of carbonyl (C=O) groups excluding carboxylic acids is 1. The van der Waals surface area contributed by atoms with Gasteiger partial charge in [-0.05, 0) is 62.1 Å². The molecule has 2 aromatic rings. The van der Waals surface area contributed by atoms with Gasteiger partial charge in [0, 0.05) is 17.3 Å². The minimum atomic E-state index is -3.70. The SMILES string of the molecule is Cc1ccc(C)c(S(=O)(=O)Nc2cccc(C(=O)NC3CC3)c2)c1. The number of carbonyl (C=O) groups is 1. The Bertz CT molecular complexity index is 887. The molecule has 0 bridgehead atoms. The first-order valence-electron chi connectivity index (χ1n) is 7.86. The van der Waals surface area contributed by atoms with Crippen LogP contribution in [-0.2, 0) is 10.0 Å². The summed E-state index contributed by atoms with van der Waals surface area (Å²) in [6.07, 6.45) is 2.01. The van der Waals surface area contributed by atoms with Crippen LogP contribution >= 0.6 is 0 Å². The molecule has 1 aliphatic rings. The molecule has 0 heterocycles.